The number of para-hydroxylation sites is 4. The SMILES string of the molecule is c1ccc(-c2nc3ccccc3c3c2ccc2c3c3ccccc3n2-c2ccc(-c3ccc(-c4cn5ccccc5n4)cc3)cc2)cc1.c1ccc(-c2nc3ccccc3c3c2ccc2c3c3ccccc3n2-c2ccc(-c3ccc4ccc5cccnc5c4n3)cc2)cc1. The Hall–Kier alpha value is -12.9. The van der Waals surface area contributed by atoms with Gasteiger partial charge in [-0.15, -0.1) is 0 Å². The second-order valence-electron chi connectivity index (χ2n) is 24.3. The van der Waals surface area contributed by atoms with E-state index < -0.39 is 0 Å². The molecule has 20 aromatic rings. The Morgan fingerprint density at radius 3 is 1.28 bits per heavy atom. The Balaban J connectivity index is 0.000000134. The maximum atomic E-state index is 5.19. The van der Waals surface area contributed by atoms with Crippen LogP contribution in [0.15, 0.2) is 328 Å². The van der Waals surface area contributed by atoms with Crippen molar-refractivity contribution in [2.24, 2.45) is 0 Å². The van der Waals surface area contributed by atoms with Crippen LogP contribution < -0.4 is 0 Å². The number of fused-ring (bicyclic) bond motifs is 18. The largest absolute Gasteiger partial charge is 0.309 e. The molecule has 12 aromatic carbocycles. The fraction of sp³-hybridized carbons (Fsp3) is 0. The topological polar surface area (TPSA) is 78.7 Å². The minimum atomic E-state index is 0.926. The van der Waals surface area contributed by atoms with Gasteiger partial charge in [-0.3, -0.25) is 4.98 Å². The number of aromatic nitrogens is 8. The first-order valence-corrected chi connectivity index (χ1v) is 32.1. The van der Waals surface area contributed by atoms with Gasteiger partial charge in [0, 0.05) is 117 Å². The molecule has 0 fully saturated rings. The third kappa shape index (κ3) is 8.87. The number of pyridine rings is 5. The maximum Gasteiger partial charge on any atom is 0.137 e. The summed E-state index contributed by atoms with van der Waals surface area (Å²) >= 11 is 0. The molecule has 8 heterocycles. The number of hydrogen-bond donors (Lipinski definition) is 0. The summed E-state index contributed by atoms with van der Waals surface area (Å²) < 4.78 is 6.84. The van der Waals surface area contributed by atoms with Crippen molar-refractivity contribution in [3.63, 3.8) is 0 Å². The predicted octanol–water partition coefficient (Wildman–Crippen LogP) is 22.0. The van der Waals surface area contributed by atoms with Crippen molar-refractivity contribution in [3.05, 3.63) is 328 Å². The molecule has 0 aliphatic carbocycles. The summed E-state index contributed by atoms with van der Waals surface area (Å²) in [7, 11) is 0. The molecule has 0 spiro atoms. The number of hydrogen-bond acceptors (Lipinski definition) is 5. The number of benzene rings is 12. The molecule has 0 unspecified atom stereocenters. The highest BCUT2D eigenvalue weighted by atomic mass is 15.0. The fourth-order valence-electron chi connectivity index (χ4n) is 14.6. The molecule has 0 N–H and O–H groups in total. The summed E-state index contributed by atoms with van der Waals surface area (Å²) in [6.07, 6.45) is 5.94. The Labute approximate surface area is 545 Å². The Morgan fingerprint density at radius 1 is 0.253 bits per heavy atom. The van der Waals surface area contributed by atoms with Crippen LogP contribution in [0.1, 0.15) is 0 Å². The molecule has 0 bridgehead atoms. The number of imidazole rings is 1. The second kappa shape index (κ2) is 21.9. The Bertz CT molecular complexity index is 6400. The first-order valence-electron chi connectivity index (χ1n) is 32.1. The lowest BCUT2D eigenvalue weighted by Crippen LogP contribution is -1.95. The van der Waals surface area contributed by atoms with E-state index >= 15 is 0 Å². The highest BCUT2D eigenvalue weighted by Crippen LogP contribution is 2.45. The van der Waals surface area contributed by atoms with Gasteiger partial charge in [-0.2, -0.15) is 0 Å². The molecule has 95 heavy (non-hydrogen) atoms. The summed E-state index contributed by atoms with van der Waals surface area (Å²) in [6.45, 7) is 0. The monoisotopic (exact) mass is 1210 g/mol. The summed E-state index contributed by atoms with van der Waals surface area (Å²) in [6, 6.07) is 110. The van der Waals surface area contributed by atoms with Crippen LogP contribution in [0.25, 0.3) is 182 Å². The minimum Gasteiger partial charge on any atom is -0.309 e. The van der Waals surface area contributed by atoms with E-state index in [1.54, 1.807) is 0 Å². The molecular formula is C87H54N8. The lowest BCUT2D eigenvalue weighted by Gasteiger charge is -2.13. The Kier molecular flexibility index (Phi) is 12.4. The van der Waals surface area contributed by atoms with Crippen LogP contribution in [0.3, 0.4) is 0 Å². The van der Waals surface area contributed by atoms with Crippen molar-refractivity contribution >= 4 is 114 Å². The third-order valence-corrected chi connectivity index (χ3v) is 18.9. The lowest BCUT2D eigenvalue weighted by atomic mass is 9.96. The average Bonchev–Trinajstić information content (AvgIpc) is 1.61. The van der Waals surface area contributed by atoms with Gasteiger partial charge in [0.15, 0.2) is 0 Å². The van der Waals surface area contributed by atoms with E-state index in [4.69, 9.17) is 19.9 Å². The number of nitrogens with zero attached hydrogens (tertiary/aromatic N) is 8. The van der Waals surface area contributed by atoms with Gasteiger partial charge < -0.3 is 13.5 Å². The van der Waals surface area contributed by atoms with Crippen molar-refractivity contribution in [1.29, 1.82) is 0 Å². The summed E-state index contributed by atoms with van der Waals surface area (Å²) in [4.78, 5) is 24.9. The highest BCUT2D eigenvalue weighted by Gasteiger charge is 2.22. The standard InChI is InChI=1S/C44H28N4.C43H26N4/c1-2-10-32(11-3-1)44-36-25-26-40-43(42(36)34-12-4-6-14-37(34)46-44)35-13-5-7-15-39(35)48(40)33-23-21-30(22-24-33)29-17-19-31(20-18-29)38-28-47-27-9-8-16-41(47)45-38;1-2-9-28(10-3-1)41-34-23-25-38-40(39(34)32-12-4-6-14-36(32)46-41)33-13-5-7-15-37(33)47(38)31-21-18-27(19-22-31)35-24-20-30-17-16-29-11-8-26-44-42(29)43(30)45-35/h1-28H;1-26H. The predicted molar refractivity (Wildman–Crippen MR) is 394 cm³/mol. The van der Waals surface area contributed by atoms with E-state index in [0.717, 1.165) is 111 Å². The summed E-state index contributed by atoms with van der Waals surface area (Å²) in [5.74, 6) is 0. The van der Waals surface area contributed by atoms with Crippen molar-refractivity contribution in [3.8, 4) is 67.5 Å². The van der Waals surface area contributed by atoms with Crippen molar-refractivity contribution in [2.45, 2.75) is 0 Å². The van der Waals surface area contributed by atoms with E-state index in [2.05, 4.69) is 310 Å². The van der Waals surface area contributed by atoms with Gasteiger partial charge >= 0.3 is 0 Å². The van der Waals surface area contributed by atoms with E-state index in [0.29, 0.717) is 0 Å². The second-order valence-corrected chi connectivity index (χ2v) is 24.3. The zero-order chi connectivity index (χ0) is 62.5. The normalized spacial score (nSPS) is 11.8. The van der Waals surface area contributed by atoms with Crippen molar-refractivity contribution in [1.82, 2.24) is 38.5 Å². The lowest BCUT2D eigenvalue weighted by molar-refractivity contribution is 1.18. The molecule has 0 saturated heterocycles. The molecule has 442 valence electrons. The molecule has 0 aliphatic heterocycles. The summed E-state index contributed by atoms with van der Waals surface area (Å²) in [5, 5.41) is 14.3. The zero-order valence-corrected chi connectivity index (χ0v) is 51.3. The van der Waals surface area contributed by atoms with Crippen LogP contribution in [0, 0.1) is 0 Å². The number of rotatable bonds is 7. The maximum absolute atomic E-state index is 5.19. The van der Waals surface area contributed by atoms with Crippen LogP contribution in [-0.2, 0) is 0 Å². The molecule has 20 rings (SSSR count). The summed E-state index contributed by atoms with van der Waals surface area (Å²) in [5.41, 5.74) is 22.5. The van der Waals surface area contributed by atoms with Gasteiger partial charge in [0.2, 0.25) is 0 Å². The van der Waals surface area contributed by atoms with Crippen LogP contribution in [0.5, 0.6) is 0 Å². The van der Waals surface area contributed by atoms with Gasteiger partial charge in [0.05, 0.1) is 66.9 Å². The van der Waals surface area contributed by atoms with E-state index in [-0.39, 0.29) is 0 Å². The molecular weight excluding hydrogens is 1160 g/mol. The van der Waals surface area contributed by atoms with Crippen LogP contribution in [0.2, 0.25) is 0 Å². The van der Waals surface area contributed by atoms with Gasteiger partial charge in [-0.1, -0.05) is 224 Å². The van der Waals surface area contributed by atoms with Crippen molar-refractivity contribution in [2.75, 3.05) is 0 Å². The molecule has 0 radical (unpaired) electrons. The molecule has 8 aromatic heterocycles. The van der Waals surface area contributed by atoms with Crippen LogP contribution >= 0.6 is 0 Å². The molecule has 8 nitrogen and oxygen atoms in total. The van der Waals surface area contributed by atoms with Crippen molar-refractivity contribution < 1.29 is 0 Å². The van der Waals surface area contributed by atoms with E-state index in [1.807, 2.05) is 36.7 Å². The van der Waals surface area contributed by atoms with E-state index in [1.165, 1.54) is 70.9 Å². The highest BCUT2D eigenvalue weighted by molar-refractivity contribution is 6.31. The Morgan fingerprint density at radius 2 is 0.716 bits per heavy atom. The smallest absolute Gasteiger partial charge is 0.137 e. The molecule has 0 atom stereocenters. The van der Waals surface area contributed by atoms with Gasteiger partial charge in [0.25, 0.3) is 0 Å². The molecule has 0 aliphatic rings. The van der Waals surface area contributed by atoms with E-state index in [9.17, 15) is 0 Å². The fourth-order valence-corrected chi connectivity index (χ4v) is 14.6. The molecule has 0 saturated carbocycles. The molecule has 8 heteroatoms. The minimum absolute atomic E-state index is 0.926. The molecule has 0 amide bonds. The third-order valence-electron chi connectivity index (χ3n) is 18.9. The zero-order valence-electron chi connectivity index (χ0n) is 51.3. The first-order chi connectivity index (χ1) is 47.1. The van der Waals surface area contributed by atoms with Gasteiger partial charge in [-0.05, 0) is 96.1 Å². The van der Waals surface area contributed by atoms with Gasteiger partial charge in [-0.25, -0.2) is 19.9 Å². The van der Waals surface area contributed by atoms with Crippen LogP contribution in [-0.4, -0.2) is 38.5 Å². The van der Waals surface area contributed by atoms with Crippen LogP contribution in [0.4, 0.5) is 0 Å². The average molecular weight is 1210 g/mol. The quantitative estimate of drug-likeness (QED) is 0.149. The first kappa shape index (κ1) is 53.9. The van der Waals surface area contributed by atoms with Gasteiger partial charge in [0.1, 0.15) is 5.65 Å².